The van der Waals surface area contributed by atoms with Gasteiger partial charge < -0.3 is 15.0 Å². The van der Waals surface area contributed by atoms with Gasteiger partial charge in [-0.05, 0) is 41.8 Å². The van der Waals surface area contributed by atoms with Crippen LogP contribution in [0.15, 0.2) is 54.6 Å². The summed E-state index contributed by atoms with van der Waals surface area (Å²) in [5, 5.41) is 3.27. The Morgan fingerprint density at radius 2 is 1.97 bits per heavy atom. The van der Waals surface area contributed by atoms with Crippen LogP contribution in [0.5, 0.6) is 5.75 Å². The summed E-state index contributed by atoms with van der Waals surface area (Å²) in [5.41, 5.74) is 2.65. The number of nitrogens with one attached hydrogen (secondary N) is 1. The Morgan fingerprint density at radius 1 is 1.14 bits per heavy atom. The quantitative estimate of drug-likeness (QED) is 0.684. The maximum absolute atomic E-state index is 12.4. The summed E-state index contributed by atoms with van der Waals surface area (Å²) in [5.74, 6) is 0.951. The minimum absolute atomic E-state index is 0.0604. The van der Waals surface area contributed by atoms with Crippen LogP contribution >= 0.6 is 0 Å². The number of anilines is 1. The summed E-state index contributed by atoms with van der Waals surface area (Å²) in [4.78, 5) is 14.6. The molecule has 2 aromatic carbocycles. The largest absolute Gasteiger partial charge is 0.494 e. The molecule has 0 aromatic heterocycles. The van der Waals surface area contributed by atoms with E-state index in [1.807, 2.05) is 18.2 Å². The third-order valence-electron chi connectivity index (χ3n) is 6.27. The van der Waals surface area contributed by atoms with Gasteiger partial charge in [-0.2, -0.15) is 0 Å². The summed E-state index contributed by atoms with van der Waals surface area (Å²) in [7, 11) is 0. The van der Waals surface area contributed by atoms with Crippen LogP contribution in [0.25, 0.3) is 6.08 Å². The number of amides is 1. The van der Waals surface area contributed by atoms with Crippen molar-refractivity contribution in [2.45, 2.75) is 51.1 Å². The van der Waals surface area contributed by atoms with E-state index in [0.717, 1.165) is 30.0 Å². The molecule has 0 aliphatic carbocycles. The molecule has 2 aliphatic rings. The topological polar surface area (TPSA) is 41.6 Å². The molecule has 1 saturated heterocycles. The lowest BCUT2D eigenvalue weighted by molar-refractivity contribution is -0.118. The van der Waals surface area contributed by atoms with Gasteiger partial charge in [0.25, 0.3) is 0 Å². The second-order valence-electron chi connectivity index (χ2n) is 8.50. The molecule has 4 nitrogen and oxygen atoms in total. The van der Waals surface area contributed by atoms with E-state index in [0.29, 0.717) is 6.54 Å². The van der Waals surface area contributed by atoms with Gasteiger partial charge in [0, 0.05) is 11.1 Å². The molecule has 2 heterocycles. The summed E-state index contributed by atoms with van der Waals surface area (Å²) < 4.78 is 5.90. The summed E-state index contributed by atoms with van der Waals surface area (Å²) in [6, 6.07) is 16.5. The van der Waals surface area contributed by atoms with Crippen molar-refractivity contribution in [2.75, 3.05) is 18.1 Å². The van der Waals surface area contributed by atoms with Crippen molar-refractivity contribution in [1.82, 2.24) is 5.32 Å². The highest BCUT2D eigenvalue weighted by molar-refractivity contribution is 5.91. The Labute approximate surface area is 173 Å². The minimum atomic E-state index is -0.564. The van der Waals surface area contributed by atoms with Crippen molar-refractivity contribution in [1.29, 1.82) is 0 Å². The van der Waals surface area contributed by atoms with E-state index >= 15 is 0 Å². The number of nitrogens with zero attached hydrogens (tertiary/aromatic N) is 1. The lowest BCUT2D eigenvalue weighted by atomic mass is 9.75. The van der Waals surface area contributed by atoms with Crippen molar-refractivity contribution in [3.63, 3.8) is 0 Å². The van der Waals surface area contributed by atoms with Crippen molar-refractivity contribution in [3.8, 4) is 5.75 Å². The molecule has 2 aliphatic heterocycles. The Hall–Kier alpha value is -2.75. The molecule has 4 heteroatoms. The predicted molar refractivity (Wildman–Crippen MR) is 118 cm³/mol. The molecule has 1 fully saturated rings. The molecule has 0 unspecified atom stereocenters. The zero-order valence-electron chi connectivity index (χ0n) is 17.6. The smallest absolute Gasteiger partial charge is 0.241 e. The monoisotopic (exact) mass is 390 g/mol. The van der Waals surface area contributed by atoms with Crippen molar-refractivity contribution < 1.29 is 9.53 Å². The molecule has 152 valence electrons. The molecule has 1 atom stereocenters. The molecule has 0 spiro atoms. The first-order valence-electron chi connectivity index (χ1n) is 10.6. The normalized spacial score (nSPS) is 21.9. The molecule has 0 radical (unpaired) electrons. The van der Waals surface area contributed by atoms with Gasteiger partial charge in [0.2, 0.25) is 5.91 Å². The van der Waals surface area contributed by atoms with Crippen LogP contribution in [-0.2, 0) is 10.2 Å². The fourth-order valence-corrected chi connectivity index (χ4v) is 4.61. The molecular weight excluding hydrogens is 360 g/mol. The number of para-hydroxylation sites is 1. The van der Waals surface area contributed by atoms with Crippen molar-refractivity contribution in [3.05, 3.63) is 65.7 Å². The van der Waals surface area contributed by atoms with E-state index in [-0.39, 0.29) is 11.3 Å². The van der Waals surface area contributed by atoms with Crippen LogP contribution < -0.4 is 15.0 Å². The Kier molecular flexibility index (Phi) is 5.12. The maximum Gasteiger partial charge on any atom is 0.241 e. The molecule has 2 aromatic rings. The summed E-state index contributed by atoms with van der Waals surface area (Å²) in [6.45, 7) is 7.73. The molecule has 0 bridgehead atoms. The number of unbranched alkanes of at least 4 members (excludes halogenated alkanes) is 2. The van der Waals surface area contributed by atoms with Gasteiger partial charge in [0.05, 0.1) is 13.2 Å². The first-order valence-corrected chi connectivity index (χ1v) is 10.6. The minimum Gasteiger partial charge on any atom is -0.494 e. The highest BCUT2D eigenvalue weighted by atomic mass is 16.5. The van der Waals surface area contributed by atoms with E-state index in [1.165, 1.54) is 18.4 Å². The average Bonchev–Trinajstić information content (AvgIpc) is 3.15. The zero-order chi connectivity index (χ0) is 20.5. The van der Waals surface area contributed by atoms with E-state index < -0.39 is 5.66 Å². The first kappa shape index (κ1) is 19.6. The van der Waals surface area contributed by atoms with Gasteiger partial charge in [0.1, 0.15) is 11.4 Å². The summed E-state index contributed by atoms with van der Waals surface area (Å²) >= 11 is 0. The van der Waals surface area contributed by atoms with Gasteiger partial charge in [-0.25, -0.2) is 0 Å². The molecule has 0 saturated carbocycles. The number of ether oxygens (including phenoxy) is 1. The van der Waals surface area contributed by atoms with E-state index in [2.05, 4.69) is 73.5 Å². The maximum atomic E-state index is 12.4. The van der Waals surface area contributed by atoms with Gasteiger partial charge in [0.15, 0.2) is 0 Å². The number of fused-ring (bicyclic) bond motifs is 3. The highest BCUT2D eigenvalue weighted by Gasteiger charge is 2.59. The van der Waals surface area contributed by atoms with E-state index in [4.69, 9.17) is 4.74 Å². The van der Waals surface area contributed by atoms with Crippen LogP contribution in [0.4, 0.5) is 5.69 Å². The highest BCUT2D eigenvalue weighted by Crippen LogP contribution is 2.52. The molecule has 1 N–H and O–H groups in total. The number of hydrogen-bond acceptors (Lipinski definition) is 3. The number of carbonyl (C=O) groups is 1. The number of rotatable bonds is 7. The van der Waals surface area contributed by atoms with Gasteiger partial charge in [-0.3, -0.25) is 4.79 Å². The Bertz CT molecular complexity index is 934. The Balaban J connectivity index is 1.61. The molecule has 1 amide bonds. The second-order valence-corrected chi connectivity index (χ2v) is 8.50. The zero-order valence-corrected chi connectivity index (χ0v) is 17.6. The number of carbonyl (C=O) groups excluding carboxylic acids is 1. The third kappa shape index (κ3) is 3.31. The predicted octanol–water partition coefficient (Wildman–Crippen LogP) is 4.89. The first-order chi connectivity index (χ1) is 14.0. The lowest BCUT2D eigenvalue weighted by Gasteiger charge is -2.40. The second kappa shape index (κ2) is 7.58. The fourth-order valence-electron chi connectivity index (χ4n) is 4.61. The third-order valence-corrected chi connectivity index (χ3v) is 6.27. The van der Waals surface area contributed by atoms with Crippen LogP contribution in [0.2, 0.25) is 0 Å². The van der Waals surface area contributed by atoms with Crippen LogP contribution in [0.3, 0.4) is 0 Å². The SMILES string of the molecule is CCCCCOc1cccc(/C=C/[C@]23NC(=O)CN2c2ccccc2C3(C)C)c1. The van der Waals surface area contributed by atoms with Crippen molar-refractivity contribution >= 4 is 17.7 Å². The number of hydrogen-bond donors (Lipinski definition) is 1. The van der Waals surface area contributed by atoms with Gasteiger partial charge >= 0.3 is 0 Å². The summed E-state index contributed by atoms with van der Waals surface area (Å²) in [6.07, 6.45) is 7.70. The molecule has 29 heavy (non-hydrogen) atoms. The van der Waals surface area contributed by atoms with Crippen LogP contribution in [0, 0.1) is 0 Å². The van der Waals surface area contributed by atoms with Crippen molar-refractivity contribution in [2.24, 2.45) is 0 Å². The van der Waals surface area contributed by atoms with Gasteiger partial charge in [-0.15, -0.1) is 0 Å². The van der Waals surface area contributed by atoms with E-state index in [1.54, 1.807) is 0 Å². The average molecular weight is 391 g/mol. The molecular formula is C25H30N2O2. The van der Waals surface area contributed by atoms with E-state index in [9.17, 15) is 4.79 Å². The lowest BCUT2D eigenvalue weighted by Crippen LogP contribution is -2.58. The standard InChI is InChI=1S/C25H30N2O2/c1-4-5-8-16-29-20-11-9-10-19(17-20)14-15-25-24(2,3)21-12-6-7-13-22(21)27(25)18-23(28)26-25/h6-7,9-15,17H,4-5,8,16,18H2,1-3H3,(H,26,28)/b15-14+/t25-/m0/s1. The fraction of sp³-hybridized carbons (Fsp3) is 0.400. The van der Waals surface area contributed by atoms with Crippen LogP contribution in [-0.4, -0.2) is 24.7 Å². The number of benzene rings is 2. The van der Waals surface area contributed by atoms with Crippen LogP contribution in [0.1, 0.15) is 51.2 Å². The van der Waals surface area contributed by atoms with Gasteiger partial charge in [-0.1, -0.05) is 70.0 Å². The molecule has 4 rings (SSSR count). The Morgan fingerprint density at radius 3 is 2.79 bits per heavy atom.